The number of halogens is 1. The molecule has 7 nitrogen and oxygen atoms in total. The van der Waals surface area contributed by atoms with Gasteiger partial charge in [-0.15, -0.1) is 0 Å². The maximum absolute atomic E-state index is 13.6. The predicted molar refractivity (Wildman–Crippen MR) is 120 cm³/mol. The standard InChI is InChI=1S/C24H28FN5O2/c1-14-9-15(2)30(28-14)16(3)10-22(31)29-8-4-5-17(13-29)23-20(24(26)32)12-18-11-19(25)6-7-21(18)27-23/h6-7,9,11-12,16-17H,4-5,8,10,13H2,1-3H3,(H2,26,32)/t16-,17+/m0/s1. The lowest BCUT2D eigenvalue weighted by molar-refractivity contribution is -0.133. The van der Waals surface area contributed by atoms with Crippen LogP contribution < -0.4 is 5.73 Å². The molecule has 1 aromatic carbocycles. The maximum atomic E-state index is 13.6. The molecule has 4 rings (SSSR count). The summed E-state index contributed by atoms with van der Waals surface area (Å²) < 4.78 is 15.5. The van der Waals surface area contributed by atoms with Crippen LogP contribution in [0.3, 0.4) is 0 Å². The molecule has 1 saturated heterocycles. The second-order valence-electron chi connectivity index (χ2n) is 8.73. The topological polar surface area (TPSA) is 94.1 Å². The number of primary amides is 1. The smallest absolute Gasteiger partial charge is 0.250 e. The Kier molecular flexibility index (Phi) is 5.95. The van der Waals surface area contributed by atoms with Gasteiger partial charge in [-0.1, -0.05) is 0 Å². The zero-order valence-electron chi connectivity index (χ0n) is 18.6. The first-order chi connectivity index (χ1) is 15.2. The van der Waals surface area contributed by atoms with E-state index in [1.807, 2.05) is 36.4 Å². The largest absolute Gasteiger partial charge is 0.366 e. The molecule has 8 heteroatoms. The maximum Gasteiger partial charge on any atom is 0.250 e. The molecule has 2 amide bonds. The summed E-state index contributed by atoms with van der Waals surface area (Å²) in [5.41, 5.74) is 9.07. The van der Waals surface area contributed by atoms with Gasteiger partial charge in [0.25, 0.3) is 5.91 Å². The number of hydrogen-bond acceptors (Lipinski definition) is 4. The molecule has 2 N–H and O–H groups in total. The van der Waals surface area contributed by atoms with Gasteiger partial charge < -0.3 is 10.6 Å². The summed E-state index contributed by atoms with van der Waals surface area (Å²) in [5, 5.41) is 5.03. The monoisotopic (exact) mass is 437 g/mol. The molecule has 0 aliphatic carbocycles. The van der Waals surface area contributed by atoms with E-state index in [0.29, 0.717) is 41.7 Å². The van der Waals surface area contributed by atoms with Crippen molar-refractivity contribution in [2.75, 3.05) is 13.1 Å². The van der Waals surface area contributed by atoms with Crippen LogP contribution in [-0.4, -0.2) is 44.6 Å². The minimum absolute atomic E-state index is 0.0496. The van der Waals surface area contributed by atoms with Crippen LogP contribution in [0, 0.1) is 19.7 Å². The Hall–Kier alpha value is -3.29. The summed E-state index contributed by atoms with van der Waals surface area (Å²) in [4.78, 5) is 31.7. The number of amides is 2. The van der Waals surface area contributed by atoms with E-state index in [9.17, 15) is 14.0 Å². The van der Waals surface area contributed by atoms with Gasteiger partial charge in [-0.25, -0.2) is 4.39 Å². The van der Waals surface area contributed by atoms with E-state index in [0.717, 1.165) is 24.2 Å². The molecular weight excluding hydrogens is 409 g/mol. The molecule has 0 radical (unpaired) electrons. The van der Waals surface area contributed by atoms with Crippen LogP contribution in [0.4, 0.5) is 4.39 Å². The minimum atomic E-state index is -0.597. The van der Waals surface area contributed by atoms with E-state index in [1.165, 1.54) is 12.1 Å². The van der Waals surface area contributed by atoms with Crippen molar-refractivity contribution < 1.29 is 14.0 Å². The Labute approximate surface area is 186 Å². The van der Waals surface area contributed by atoms with Crippen molar-refractivity contribution in [1.82, 2.24) is 19.7 Å². The third-order valence-corrected chi connectivity index (χ3v) is 6.16. The number of rotatable bonds is 5. The number of hydrogen-bond donors (Lipinski definition) is 1. The summed E-state index contributed by atoms with van der Waals surface area (Å²) >= 11 is 0. The predicted octanol–water partition coefficient (Wildman–Crippen LogP) is 3.64. The zero-order chi connectivity index (χ0) is 23.0. The first kappa shape index (κ1) is 21.9. The fourth-order valence-corrected chi connectivity index (χ4v) is 4.66. The van der Waals surface area contributed by atoms with Gasteiger partial charge in [-0.05, 0) is 63.9 Å². The van der Waals surface area contributed by atoms with Crippen molar-refractivity contribution in [3.63, 3.8) is 0 Å². The number of carbonyl (C=O) groups excluding carboxylic acids is 2. The zero-order valence-corrected chi connectivity index (χ0v) is 18.6. The van der Waals surface area contributed by atoms with Gasteiger partial charge in [0.2, 0.25) is 5.91 Å². The van der Waals surface area contributed by atoms with Crippen LogP contribution in [-0.2, 0) is 4.79 Å². The van der Waals surface area contributed by atoms with Gasteiger partial charge in [-0.3, -0.25) is 19.3 Å². The number of nitrogens with two attached hydrogens (primary N) is 1. The number of aryl methyl sites for hydroxylation is 2. The normalized spacial score (nSPS) is 17.5. The Bertz CT molecular complexity index is 1190. The molecule has 0 spiro atoms. The lowest BCUT2D eigenvalue weighted by Crippen LogP contribution is -2.40. The second-order valence-corrected chi connectivity index (χ2v) is 8.73. The Balaban J connectivity index is 1.56. The van der Waals surface area contributed by atoms with Crippen molar-refractivity contribution in [1.29, 1.82) is 0 Å². The molecule has 32 heavy (non-hydrogen) atoms. The summed E-state index contributed by atoms with van der Waals surface area (Å²) in [6.45, 7) is 7.07. The second kappa shape index (κ2) is 8.68. The minimum Gasteiger partial charge on any atom is -0.366 e. The van der Waals surface area contributed by atoms with Crippen LogP contribution in [0.2, 0.25) is 0 Å². The van der Waals surface area contributed by atoms with Crippen molar-refractivity contribution in [2.24, 2.45) is 5.73 Å². The highest BCUT2D eigenvalue weighted by molar-refractivity contribution is 5.97. The summed E-state index contributed by atoms with van der Waals surface area (Å²) in [6.07, 6.45) is 1.96. The third-order valence-electron chi connectivity index (χ3n) is 6.16. The van der Waals surface area contributed by atoms with E-state index in [1.54, 1.807) is 12.1 Å². The van der Waals surface area contributed by atoms with E-state index in [2.05, 4.69) is 10.1 Å². The molecular formula is C24H28FN5O2. The van der Waals surface area contributed by atoms with Crippen molar-refractivity contribution in [2.45, 2.75) is 52.0 Å². The summed E-state index contributed by atoms with van der Waals surface area (Å²) in [6, 6.07) is 7.85. The lowest BCUT2D eigenvalue weighted by Gasteiger charge is -2.34. The average Bonchev–Trinajstić information content (AvgIpc) is 3.10. The van der Waals surface area contributed by atoms with Crippen LogP contribution >= 0.6 is 0 Å². The summed E-state index contributed by atoms with van der Waals surface area (Å²) in [7, 11) is 0. The highest BCUT2D eigenvalue weighted by Gasteiger charge is 2.29. The number of piperidine rings is 1. The third kappa shape index (κ3) is 4.35. The number of nitrogens with zero attached hydrogens (tertiary/aromatic N) is 4. The molecule has 0 bridgehead atoms. The number of likely N-dealkylation sites (tertiary alicyclic amines) is 1. The molecule has 168 valence electrons. The van der Waals surface area contributed by atoms with E-state index >= 15 is 0 Å². The van der Waals surface area contributed by atoms with Gasteiger partial charge >= 0.3 is 0 Å². The number of aromatic nitrogens is 3. The van der Waals surface area contributed by atoms with Crippen LogP contribution in [0.15, 0.2) is 30.3 Å². The van der Waals surface area contributed by atoms with E-state index < -0.39 is 11.7 Å². The van der Waals surface area contributed by atoms with Crippen LogP contribution in [0.5, 0.6) is 0 Å². The number of fused-ring (bicyclic) bond motifs is 1. The Morgan fingerprint density at radius 3 is 2.72 bits per heavy atom. The van der Waals surface area contributed by atoms with Gasteiger partial charge in [0.1, 0.15) is 5.82 Å². The Morgan fingerprint density at radius 1 is 1.25 bits per heavy atom. The molecule has 1 fully saturated rings. The van der Waals surface area contributed by atoms with Gasteiger partial charge in [-0.2, -0.15) is 5.10 Å². The molecule has 2 aromatic heterocycles. The first-order valence-corrected chi connectivity index (χ1v) is 10.9. The molecule has 3 heterocycles. The SMILES string of the molecule is Cc1cc(C)n([C@@H](C)CC(=O)N2CCC[C@@H](c3nc4ccc(F)cc4cc3C(N)=O)C2)n1. The van der Waals surface area contributed by atoms with Crippen LogP contribution in [0.1, 0.15) is 65.6 Å². The quantitative estimate of drug-likeness (QED) is 0.659. The van der Waals surface area contributed by atoms with Gasteiger partial charge in [0, 0.05) is 36.5 Å². The highest BCUT2D eigenvalue weighted by atomic mass is 19.1. The fraction of sp³-hybridized carbons (Fsp3) is 0.417. The molecule has 1 aliphatic heterocycles. The average molecular weight is 438 g/mol. The van der Waals surface area contributed by atoms with E-state index in [-0.39, 0.29) is 17.9 Å². The molecule has 1 aliphatic rings. The lowest BCUT2D eigenvalue weighted by atomic mass is 9.90. The number of pyridine rings is 1. The number of carbonyl (C=O) groups is 2. The molecule has 0 saturated carbocycles. The fourth-order valence-electron chi connectivity index (χ4n) is 4.66. The highest BCUT2D eigenvalue weighted by Crippen LogP contribution is 2.31. The van der Waals surface area contributed by atoms with Gasteiger partial charge in [0.05, 0.1) is 28.5 Å². The summed E-state index contributed by atoms with van der Waals surface area (Å²) in [5.74, 6) is -1.04. The Morgan fingerprint density at radius 2 is 2.03 bits per heavy atom. The van der Waals surface area contributed by atoms with Crippen molar-refractivity contribution in [3.8, 4) is 0 Å². The molecule has 2 atom stereocenters. The van der Waals surface area contributed by atoms with Crippen LogP contribution in [0.25, 0.3) is 10.9 Å². The molecule has 3 aromatic rings. The van der Waals surface area contributed by atoms with Crippen molar-refractivity contribution in [3.05, 3.63) is 58.8 Å². The van der Waals surface area contributed by atoms with Crippen molar-refractivity contribution >= 4 is 22.7 Å². The molecule has 0 unspecified atom stereocenters. The van der Waals surface area contributed by atoms with E-state index in [4.69, 9.17) is 5.73 Å². The number of benzene rings is 1. The van der Waals surface area contributed by atoms with Gasteiger partial charge in [0.15, 0.2) is 0 Å². The first-order valence-electron chi connectivity index (χ1n) is 10.9.